The summed E-state index contributed by atoms with van der Waals surface area (Å²) < 4.78 is 16.3. The number of nitrogens with zero attached hydrogens (tertiary/aromatic N) is 1. The molecule has 1 N–H and O–H groups in total. The van der Waals surface area contributed by atoms with Gasteiger partial charge in [-0.1, -0.05) is 24.0 Å². The average Bonchev–Trinajstić information content (AvgIpc) is 3.05. The number of thioether (sulfide) groups is 1. The molecule has 0 atom stereocenters. The zero-order valence-electron chi connectivity index (χ0n) is 18.5. The highest BCUT2D eigenvalue weighted by Gasteiger charge is 2.33. The van der Waals surface area contributed by atoms with Gasteiger partial charge in [-0.25, -0.2) is 0 Å². The van der Waals surface area contributed by atoms with Gasteiger partial charge in [-0.3, -0.25) is 19.3 Å². The smallest absolute Gasteiger partial charge is 0.266 e. The second-order valence-corrected chi connectivity index (χ2v) is 8.58. The second kappa shape index (κ2) is 10.5. The Kier molecular flexibility index (Phi) is 7.72. The number of Topliss-reactive ketones (excluding diaryl/α,β-unsaturated/α-hetero) is 1. The van der Waals surface area contributed by atoms with Gasteiger partial charge in [-0.2, -0.15) is 0 Å². The summed E-state index contributed by atoms with van der Waals surface area (Å²) in [7, 11) is 4.52. The quantitative estimate of drug-likeness (QED) is 0.343. The number of amides is 2. The van der Waals surface area contributed by atoms with E-state index in [1.54, 1.807) is 42.5 Å². The van der Waals surface area contributed by atoms with E-state index in [2.05, 4.69) is 5.32 Å². The third kappa shape index (κ3) is 5.52. The van der Waals surface area contributed by atoms with Crippen LogP contribution in [0.4, 0.5) is 5.69 Å². The number of benzene rings is 2. The lowest BCUT2D eigenvalue weighted by atomic mass is 10.1. The van der Waals surface area contributed by atoms with E-state index in [0.29, 0.717) is 39.0 Å². The summed E-state index contributed by atoms with van der Waals surface area (Å²) in [5.41, 5.74) is 1.71. The molecule has 172 valence electrons. The summed E-state index contributed by atoms with van der Waals surface area (Å²) in [6.45, 7) is 1.24. The summed E-state index contributed by atoms with van der Waals surface area (Å²) in [6.07, 6.45) is 1.65. The number of hydrogen-bond acceptors (Lipinski definition) is 8. The van der Waals surface area contributed by atoms with Crippen molar-refractivity contribution in [2.24, 2.45) is 0 Å². The Balaban J connectivity index is 1.74. The van der Waals surface area contributed by atoms with E-state index in [1.165, 1.54) is 33.2 Å². The third-order valence-corrected chi connectivity index (χ3v) is 6.11. The van der Waals surface area contributed by atoms with Gasteiger partial charge in [0.1, 0.15) is 10.9 Å². The predicted molar refractivity (Wildman–Crippen MR) is 131 cm³/mol. The number of carbonyl (C=O) groups is 3. The molecule has 33 heavy (non-hydrogen) atoms. The Hall–Kier alpha value is -3.37. The summed E-state index contributed by atoms with van der Waals surface area (Å²) in [6, 6.07) is 9.93. The van der Waals surface area contributed by atoms with Gasteiger partial charge in [0.15, 0.2) is 17.3 Å². The van der Waals surface area contributed by atoms with Crippen LogP contribution in [-0.2, 0) is 9.59 Å². The van der Waals surface area contributed by atoms with Gasteiger partial charge in [0.05, 0.1) is 26.2 Å². The maximum atomic E-state index is 12.9. The predicted octanol–water partition coefficient (Wildman–Crippen LogP) is 3.75. The molecule has 0 radical (unpaired) electrons. The van der Waals surface area contributed by atoms with Crippen molar-refractivity contribution in [3.63, 3.8) is 0 Å². The fourth-order valence-corrected chi connectivity index (χ4v) is 4.36. The molecule has 1 aliphatic heterocycles. The van der Waals surface area contributed by atoms with Gasteiger partial charge in [0.25, 0.3) is 5.91 Å². The van der Waals surface area contributed by atoms with Gasteiger partial charge in [0, 0.05) is 11.3 Å². The molecule has 2 aromatic carbocycles. The number of nitrogens with one attached hydrogen (secondary N) is 1. The fourth-order valence-electron chi connectivity index (χ4n) is 3.10. The van der Waals surface area contributed by atoms with Crippen molar-refractivity contribution in [1.82, 2.24) is 4.90 Å². The summed E-state index contributed by atoms with van der Waals surface area (Å²) in [5.74, 6) is 0.501. The lowest BCUT2D eigenvalue weighted by Crippen LogP contribution is -2.36. The first-order valence-electron chi connectivity index (χ1n) is 9.73. The fraction of sp³-hybridized carbons (Fsp3) is 0.217. The lowest BCUT2D eigenvalue weighted by molar-refractivity contribution is -0.126. The molecule has 1 heterocycles. The van der Waals surface area contributed by atoms with Crippen molar-refractivity contribution in [1.29, 1.82) is 0 Å². The normalized spacial score (nSPS) is 14.4. The highest BCUT2D eigenvalue weighted by Crippen LogP contribution is 2.40. The molecule has 1 aliphatic rings. The van der Waals surface area contributed by atoms with E-state index in [4.69, 9.17) is 26.4 Å². The number of hydrogen-bond donors (Lipinski definition) is 1. The molecular weight excluding hydrogens is 464 g/mol. The minimum absolute atomic E-state index is 0.0654. The SMILES string of the molecule is COc1cc(/C=C2\SC(=S)N(CC(=O)Nc3ccc(C(C)=O)cc3)C2=O)cc(OC)c1OC. The molecule has 1 fully saturated rings. The first-order valence-corrected chi connectivity index (χ1v) is 11.0. The lowest BCUT2D eigenvalue weighted by Gasteiger charge is -2.14. The topological polar surface area (TPSA) is 94.2 Å². The van der Waals surface area contributed by atoms with Crippen LogP contribution in [0.25, 0.3) is 6.08 Å². The van der Waals surface area contributed by atoms with Crippen LogP contribution in [0.2, 0.25) is 0 Å². The van der Waals surface area contributed by atoms with E-state index in [-0.39, 0.29) is 22.6 Å². The number of ether oxygens (including phenoxy) is 3. The molecule has 0 spiro atoms. The Labute approximate surface area is 200 Å². The third-order valence-electron chi connectivity index (χ3n) is 4.74. The van der Waals surface area contributed by atoms with Crippen molar-refractivity contribution in [3.05, 3.63) is 52.4 Å². The first-order chi connectivity index (χ1) is 15.8. The van der Waals surface area contributed by atoms with Gasteiger partial charge < -0.3 is 19.5 Å². The molecule has 0 unspecified atom stereocenters. The number of rotatable bonds is 8. The maximum absolute atomic E-state index is 12.9. The highest BCUT2D eigenvalue weighted by atomic mass is 32.2. The van der Waals surface area contributed by atoms with Crippen molar-refractivity contribution in [2.45, 2.75) is 6.92 Å². The van der Waals surface area contributed by atoms with Crippen molar-refractivity contribution in [3.8, 4) is 17.2 Å². The average molecular weight is 487 g/mol. The molecule has 2 amide bonds. The van der Waals surface area contributed by atoms with Crippen molar-refractivity contribution < 1.29 is 28.6 Å². The van der Waals surface area contributed by atoms with Gasteiger partial charge >= 0.3 is 0 Å². The summed E-state index contributed by atoms with van der Waals surface area (Å²) in [5, 5.41) is 2.70. The zero-order valence-corrected chi connectivity index (χ0v) is 20.1. The van der Waals surface area contributed by atoms with Crippen LogP contribution in [0.1, 0.15) is 22.8 Å². The minimum atomic E-state index is -0.407. The second-order valence-electron chi connectivity index (χ2n) is 6.91. The monoisotopic (exact) mass is 486 g/mol. The Morgan fingerprint density at radius 1 is 1.06 bits per heavy atom. The Morgan fingerprint density at radius 2 is 1.67 bits per heavy atom. The van der Waals surface area contributed by atoms with Crippen LogP contribution < -0.4 is 19.5 Å². The molecule has 0 bridgehead atoms. The summed E-state index contributed by atoms with van der Waals surface area (Å²) in [4.78, 5) is 38.4. The van der Waals surface area contributed by atoms with Crippen LogP contribution >= 0.6 is 24.0 Å². The standard InChI is InChI=1S/C23H22N2O6S2/c1-13(26)15-5-7-16(8-6-15)24-20(27)12-25-22(28)19(33-23(25)32)11-14-9-17(29-2)21(31-4)18(10-14)30-3/h5-11H,12H2,1-4H3,(H,24,27)/b19-11-. The zero-order chi connectivity index (χ0) is 24.1. The van der Waals surface area contributed by atoms with Crippen molar-refractivity contribution in [2.75, 3.05) is 33.2 Å². The van der Waals surface area contributed by atoms with Gasteiger partial charge in [0.2, 0.25) is 11.7 Å². The number of carbonyl (C=O) groups excluding carboxylic acids is 3. The molecule has 2 aromatic rings. The molecule has 0 aromatic heterocycles. The van der Waals surface area contributed by atoms with Crippen LogP contribution in [0.3, 0.4) is 0 Å². The largest absolute Gasteiger partial charge is 0.493 e. The summed E-state index contributed by atoms with van der Waals surface area (Å²) >= 11 is 6.42. The van der Waals surface area contributed by atoms with E-state index >= 15 is 0 Å². The Bertz CT molecular complexity index is 1120. The molecule has 10 heteroatoms. The molecule has 1 saturated heterocycles. The number of ketones is 1. The highest BCUT2D eigenvalue weighted by molar-refractivity contribution is 8.26. The van der Waals surface area contributed by atoms with Crippen LogP contribution in [0.15, 0.2) is 41.3 Å². The number of anilines is 1. The van der Waals surface area contributed by atoms with Crippen LogP contribution in [0.5, 0.6) is 17.2 Å². The first kappa shape index (κ1) is 24.3. The molecular formula is C23H22N2O6S2. The number of methoxy groups -OCH3 is 3. The van der Waals surface area contributed by atoms with E-state index in [9.17, 15) is 14.4 Å². The van der Waals surface area contributed by atoms with Gasteiger partial charge in [-0.15, -0.1) is 0 Å². The Morgan fingerprint density at radius 3 is 2.18 bits per heavy atom. The van der Waals surface area contributed by atoms with E-state index in [0.717, 1.165) is 11.8 Å². The van der Waals surface area contributed by atoms with Crippen LogP contribution in [-0.4, -0.2) is 54.7 Å². The van der Waals surface area contributed by atoms with Crippen molar-refractivity contribution >= 4 is 57.7 Å². The van der Waals surface area contributed by atoms with Gasteiger partial charge in [-0.05, 0) is 55.0 Å². The molecule has 8 nitrogen and oxygen atoms in total. The molecule has 0 saturated carbocycles. The maximum Gasteiger partial charge on any atom is 0.266 e. The number of thiocarbonyl (C=S) groups is 1. The van der Waals surface area contributed by atoms with E-state index in [1.807, 2.05) is 0 Å². The molecule has 0 aliphatic carbocycles. The minimum Gasteiger partial charge on any atom is -0.493 e. The molecule has 3 rings (SSSR count). The van der Waals surface area contributed by atoms with Crippen LogP contribution in [0, 0.1) is 0 Å². The van der Waals surface area contributed by atoms with E-state index < -0.39 is 5.91 Å².